The largest absolute Gasteiger partial charge is 0.467 e. The first kappa shape index (κ1) is 24.6. The molecule has 0 saturated carbocycles. The Hall–Kier alpha value is -4.00. The molecule has 0 radical (unpaired) electrons. The molecule has 3 aromatic carbocycles. The third-order valence-electron chi connectivity index (χ3n) is 5.48. The number of amides is 2. The molecule has 0 spiro atoms. The van der Waals surface area contributed by atoms with Crippen LogP contribution in [0.4, 0.5) is 4.39 Å². The van der Waals surface area contributed by atoms with Crippen molar-refractivity contribution < 1.29 is 23.5 Å². The number of benzene rings is 3. The van der Waals surface area contributed by atoms with E-state index in [1.165, 1.54) is 20.1 Å². The van der Waals surface area contributed by atoms with Crippen LogP contribution in [0.5, 0.6) is 0 Å². The molecule has 6 nitrogen and oxygen atoms in total. The Morgan fingerprint density at radius 1 is 0.824 bits per heavy atom. The maximum Gasteiger partial charge on any atom is 0.329 e. The number of halogens is 1. The normalized spacial score (nSPS) is 12.5. The summed E-state index contributed by atoms with van der Waals surface area (Å²) in [6, 6.07) is 22.4. The summed E-state index contributed by atoms with van der Waals surface area (Å²) in [4.78, 5) is 38.1. The lowest BCUT2D eigenvalue weighted by Crippen LogP contribution is -2.54. The number of hydrogen-bond acceptors (Lipinski definition) is 4. The summed E-state index contributed by atoms with van der Waals surface area (Å²) in [6.07, 6.45) is -0.0761. The molecular weight excluding hydrogens is 435 g/mol. The number of carbonyl (C=O) groups excluding carboxylic acids is 3. The zero-order valence-corrected chi connectivity index (χ0v) is 19.0. The molecule has 3 aromatic rings. The predicted molar refractivity (Wildman–Crippen MR) is 126 cm³/mol. The third-order valence-corrected chi connectivity index (χ3v) is 5.48. The van der Waals surface area contributed by atoms with E-state index in [1.807, 2.05) is 60.7 Å². The van der Waals surface area contributed by atoms with Crippen LogP contribution < -0.4 is 10.6 Å². The lowest BCUT2D eigenvalue weighted by molar-refractivity contribution is -0.145. The smallest absolute Gasteiger partial charge is 0.329 e. The lowest BCUT2D eigenvalue weighted by atomic mass is 9.84. The molecule has 0 aliphatic rings. The highest BCUT2D eigenvalue weighted by atomic mass is 19.1. The van der Waals surface area contributed by atoms with E-state index >= 15 is 0 Å². The van der Waals surface area contributed by atoms with Gasteiger partial charge in [0.2, 0.25) is 11.8 Å². The summed E-state index contributed by atoms with van der Waals surface area (Å²) in [5.74, 6) is -2.75. The van der Waals surface area contributed by atoms with Crippen molar-refractivity contribution in [1.82, 2.24) is 10.6 Å². The Kier molecular flexibility index (Phi) is 8.51. The first-order chi connectivity index (χ1) is 16.4. The van der Waals surface area contributed by atoms with Gasteiger partial charge in [0, 0.05) is 19.3 Å². The lowest BCUT2D eigenvalue weighted by Gasteiger charge is -2.29. The molecule has 0 heterocycles. The van der Waals surface area contributed by atoms with Gasteiger partial charge >= 0.3 is 5.97 Å². The molecule has 0 unspecified atom stereocenters. The van der Waals surface area contributed by atoms with Crippen molar-refractivity contribution in [3.63, 3.8) is 0 Å². The van der Waals surface area contributed by atoms with Crippen LogP contribution in [0.3, 0.4) is 0 Å². The minimum absolute atomic E-state index is 0.0761. The molecule has 0 aliphatic carbocycles. The highest BCUT2D eigenvalue weighted by Gasteiger charge is 2.35. The minimum Gasteiger partial charge on any atom is -0.467 e. The Labute approximate surface area is 198 Å². The van der Waals surface area contributed by atoms with Gasteiger partial charge in [-0.15, -0.1) is 0 Å². The fourth-order valence-corrected chi connectivity index (χ4v) is 3.90. The molecule has 7 heteroatoms. The van der Waals surface area contributed by atoms with Gasteiger partial charge in [-0.25, -0.2) is 9.18 Å². The molecule has 176 valence electrons. The van der Waals surface area contributed by atoms with Crippen LogP contribution in [0.2, 0.25) is 0 Å². The molecule has 2 atom stereocenters. The van der Waals surface area contributed by atoms with Gasteiger partial charge in [-0.1, -0.05) is 78.9 Å². The van der Waals surface area contributed by atoms with Gasteiger partial charge in [-0.3, -0.25) is 9.59 Å². The summed E-state index contributed by atoms with van der Waals surface area (Å²) in [7, 11) is 1.25. The minimum atomic E-state index is -1.09. The molecule has 3 rings (SSSR count). The highest BCUT2D eigenvalue weighted by molar-refractivity contribution is 5.91. The van der Waals surface area contributed by atoms with Crippen LogP contribution in [-0.4, -0.2) is 37.0 Å². The van der Waals surface area contributed by atoms with Crippen molar-refractivity contribution in [3.8, 4) is 0 Å². The highest BCUT2D eigenvalue weighted by Crippen LogP contribution is 2.29. The van der Waals surface area contributed by atoms with Gasteiger partial charge in [-0.2, -0.15) is 0 Å². The molecular formula is C27H27FN2O4. The number of nitrogens with one attached hydrogen (secondary N) is 2. The van der Waals surface area contributed by atoms with Gasteiger partial charge in [0.05, 0.1) is 7.11 Å². The van der Waals surface area contributed by atoms with Crippen molar-refractivity contribution in [3.05, 3.63) is 107 Å². The fourth-order valence-electron chi connectivity index (χ4n) is 3.90. The van der Waals surface area contributed by atoms with E-state index in [4.69, 9.17) is 4.74 Å². The van der Waals surface area contributed by atoms with E-state index < -0.39 is 41.6 Å². The van der Waals surface area contributed by atoms with E-state index in [0.717, 1.165) is 11.1 Å². The van der Waals surface area contributed by atoms with Gasteiger partial charge in [-0.05, 0) is 22.8 Å². The SMILES string of the molecule is COC(=O)[C@H](NC(=O)[C@H](Cc1ccccc1F)NC(C)=O)C(c1ccccc1)c1ccccc1. The van der Waals surface area contributed by atoms with Crippen molar-refractivity contribution >= 4 is 17.8 Å². The predicted octanol–water partition coefficient (Wildman–Crippen LogP) is 3.36. The summed E-state index contributed by atoms with van der Waals surface area (Å²) in [6.45, 7) is 1.27. The van der Waals surface area contributed by atoms with Crippen LogP contribution in [0.25, 0.3) is 0 Å². The third kappa shape index (κ3) is 6.28. The second-order valence-electron chi connectivity index (χ2n) is 7.86. The quantitative estimate of drug-likeness (QED) is 0.478. The van der Waals surface area contributed by atoms with E-state index in [0.29, 0.717) is 0 Å². The van der Waals surface area contributed by atoms with Gasteiger partial charge < -0.3 is 15.4 Å². The molecule has 2 amide bonds. The molecule has 0 fully saturated rings. The van der Waals surface area contributed by atoms with Crippen molar-refractivity contribution in [2.24, 2.45) is 0 Å². The Morgan fingerprint density at radius 2 is 1.35 bits per heavy atom. The summed E-state index contributed by atoms with van der Waals surface area (Å²) in [5, 5.41) is 5.33. The fraction of sp³-hybridized carbons (Fsp3) is 0.222. The summed E-state index contributed by atoms with van der Waals surface area (Å²) >= 11 is 0. The number of methoxy groups -OCH3 is 1. The molecule has 2 N–H and O–H groups in total. The van der Waals surface area contributed by atoms with Crippen LogP contribution in [0.15, 0.2) is 84.9 Å². The first-order valence-electron chi connectivity index (χ1n) is 10.9. The van der Waals surface area contributed by atoms with Gasteiger partial charge in [0.25, 0.3) is 0 Å². The number of ether oxygens (including phenoxy) is 1. The van der Waals surface area contributed by atoms with E-state index in [9.17, 15) is 18.8 Å². The number of carbonyl (C=O) groups is 3. The summed E-state index contributed by atoms with van der Waals surface area (Å²) < 4.78 is 19.3. The Bertz CT molecular complexity index is 1080. The molecule has 0 bridgehead atoms. The average molecular weight is 463 g/mol. The average Bonchev–Trinajstić information content (AvgIpc) is 2.85. The van der Waals surface area contributed by atoms with Crippen LogP contribution in [0.1, 0.15) is 29.5 Å². The van der Waals surface area contributed by atoms with Crippen LogP contribution in [0, 0.1) is 5.82 Å². The number of hydrogen-bond donors (Lipinski definition) is 2. The zero-order chi connectivity index (χ0) is 24.5. The maximum absolute atomic E-state index is 14.2. The standard InChI is InChI=1S/C27H27FN2O4/c1-18(31)29-23(17-21-15-9-10-16-22(21)28)26(32)30-25(27(33)34-2)24(19-11-5-3-6-12-19)20-13-7-4-8-14-20/h3-16,23-25H,17H2,1-2H3,(H,29,31)(H,30,32)/t23-,25+/m0/s1. The summed E-state index contributed by atoms with van der Waals surface area (Å²) in [5.41, 5.74) is 1.87. The van der Waals surface area contributed by atoms with Crippen molar-refractivity contribution in [1.29, 1.82) is 0 Å². The number of rotatable bonds is 9. The van der Waals surface area contributed by atoms with Crippen molar-refractivity contribution in [2.75, 3.05) is 7.11 Å². The Morgan fingerprint density at radius 3 is 1.85 bits per heavy atom. The monoisotopic (exact) mass is 462 g/mol. The maximum atomic E-state index is 14.2. The molecule has 0 aromatic heterocycles. The topological polar surface area (TPSA) is 84.5 Å². The Balaban J connectivity index is 1.96. The zero-order valence-electron chi connectivity index (χ0n) is 19.0. The van der Waals surface area contributed by atoms with E-state index in [1.54, 1.807) is 18.2 Å². The molecule has 0 saturated heterocycles. The van der Waals surface area contributed by atoms with Crippen LogP contribution in [-0.2, 0) is 25.5 Å². The molecule has 34 heavy (non-hydrogen) atoms. The van der Waals surface area contributed by atoms with E-state index in [2.05, 4.69) is 10.6 Å². The number of esters is 1. The molecule has 0 aliphatic heterocycles. The van der Waals surface area contributed by atoms with E-state index in [-0.39, 0.29) is 12.0 Å². The second kappa shape index (κ2) is 11.7. The van der Waals surface area contributed by atoms with Crippen molar-refractivity contribution in [2.45, 2.75) is 31.3 Å². The van der Waals surface area contributed by atoms with Gasteiger partial charge in [0.15, 0.2) is 0 Å². The van der Waals surface area contributed by atoms with Gasteiger partial charge in [0.1, 0.15) is 17.9 Å². The second-order valence-corrected chi connectivity index (χ2v) is 7.86. The first-order valence-corrected chi connectivity index (χ1v) is 10.9. The van der Waals surface area contributed by atoms with Crippen LogP contribution >= 0.6 is 0 Å².